The molecule has 0 radical (unpaired) electrons. The van der Waals surface area contributed by atoms with Crippen molar-refractivity contribution < 1.29 is 8.83 Å². The van der Waals surface area contributed by atoms with Crippen molar-refractivity contribution in [1.29, 1.82) is 0 Å². The fourth-order valence-electron chi connectivity index (χ4n) is 2.10. The second-order valence-corrected chi connectivity index (χ2v) is 8.13. The Morgan fingerprint density at radius 3 is 2.64 bits per heavy atom. The monoisotopic (exact) mass is 434 g/mol. The minimum absolute atomic E-state index is 0.103. The van der Waals surface area contributed by atoms with Gasteiger partial charge in [0, 0.05) is 4.47 Å². The first-order valence-electron chi connectivity index (χ1n) is 7.33. The topological polar surface area (TPSA) is 77.8 Å². The average molecular weight is 435 g/mol. The molecule has 0 amide bonds. The zero-order chi connectivity index (χ0) is 17.2. The van der Waals surface area contributed by atoms with Crippen molar-refractivity contribution in [2.24, 2.45) is 0 Å². The van der Waals surface area contributed by atoms with Gasteiger partial charge in [0.2, 0.25) is 11.8 Å². The van der Waals surface area contributed by atoms with Crippen LogP contribution in [0.15, 0.2) is 60.3 Å². The molecular formula is C16H11BrN4O2S2. The molecule has 0 N–H and O–H groups in total. The Morgan fingerprint density at radius 2 is 1.84 bits per heavy atom. The molecule has 0 unspecified atom stereocenters. The van der Waals surface area contributed by atoms with Gasteiger partial charge in [-0.15, -0.1) is 31.7 Å². The van der Waals surface area contributed by atoms with E-state index in [2.05, 4.69) is 36.3 Å². The SMILES string of the molecule is C[C@H](Sc1nnc(-c2ccccc2Br)o1)c1nnc(-c2cccs2)o1. The molecule has 3 aromatic heterocycles. The van der Waals surface area contributed by atoms with E-state index in [1.165, 1.54) is 11.8 Å². The van der Waals surface area contributed by atoms with Gasteiger partial charge in [-0.1, -0.05) is 30.0 Å². The van der Waals surface area contributed by atoms with Crippen LogP contribution in [0.3, 0.4) is 0 Å². The van der Waals surface area contributed by atoms with Gasteiger partial charge in [0.1, 0.15) is 0 Å². The first kappa shape index (κ1) is 16.5. The minimum atomic E-state index is -0.103. The van der Waals surface area contributed by atoms with Crippen LogP contribution in [-0.2, 0) is 0 Å². The van der Waals surface area contributed by atoms with Crippen molar-refractivity contribution in [2.75, 3.05) is 0 Å². The van der Waals surface area contributed by atoms with Crippen LogP contribution >= 0.6 is 39.0 Å². The lowest BCUT2D eigenvalue weighted by atomic mass is 10.2. The average Bonchev–Trinajstić information content (AvgIpc) is 3.36. The lowest BCUT2D eigenvalue weighted by Gasteiger charge is -2.01. The molecule has 1 atom stereocenters. The summed E-state index contributed by atoms with van der Waals surface area (Å²) in [4.78, 5) is 0.949. The summed E-state index contributed by atoms with van der Waals surface area (Å²) in [5, 5.41) is 18.7. The number of nitrogens with zero attached hydrogens (tertiary/aromatic N) is 4. The fourth-order valence-corrected chi connectivity index (χ4v) is 3.91. The minimum Gasteiger partial charge on any atom is -0.419 e. The molecule has 126 valence electrons. The van der Waals surface area contributed by atoms with E-state index in [0.717, 1.165) is 14.9 Å². The second kappa shape index (κ2) is 7.11. The van der Waals surface area contributed by atoms with Crippen LogP contribution in [0.1, 0.15) is 18.1 Å². The summed E-state index contributed by atoms with van der Waals surface area (Å²) in [5.74, 6) is 1.51. The molecule has 0 fully saturated rings. The van der Waals surface area contributed by atoms with Crippen molar-refractivity contribution in [2.45, 2.75) is 17.4 Å². The largest absolute Gasteiger partial charge is 0.419 e. The predicted octanol–water partition coefficient (Wildman–Crippen LogP) is 5.46. The highest BCUT2D eigenvalue weighted by atomic mass is 79.9. The number of aromatic nitrogens is 4. The molecule has 4 rings (SSSR count). The Balaban J connectivity index is 1.50. The van der Waals surface area contributed by atoms with Crippen molar-refractivity contribution in [1.82, 2.24) is 20.4 Å². The van der Waals surface area contributed by atoms with E-state index < -0.39 is 0 Å². The van der Waals surface area contributed by atoms with Crippen molar-refractivity contribution in [3.8, 4) is 22.2 Å². The molecule has 1 aromatic carbocycles. The molecule has 0 aliphatic carbocycles. The maximum absolute atomic E-state index is 5.74. The Hall–Kier alpha value is -1.97. The summed E-state index contributed by atoms with van der Waals surface area (Å²) in [6, 6.07) is 11.6. The van der Waals surface area contributed by atoms with E-state index >= 15 is 0 Å². The quantitative estimate of drug-likeness (QED) is 0.385. The van der Waals surface area contributed by atoms with Crippen LogP contribution in [0.25, 0.3) is 22.2 Å². The number of rotatable bonds is 5. The van der Waals surface area contributed by atoms with Crippen LogP contribution in [-0.4, -0.2) is 20.4 Å². The number of thioether (sulfide) groups is 1. The highest BCUT2D eigenvalue weighted by molar-refractivity contribution is 9.10. The van der Waals surface area contributed by atoms with Crippen LogP contribution in [0, 0.1) is 0 Å². The fraction of sp³-hybridized carbons (Fsp3) is 0.125. The summed E-state index contributed by atoms with van der Waals surface area (Å²) < 4.78 is 12.4. The normalized spacial score (nSPS) is 12.4. The predicted molar refractivity (Wildman–Crippen MR) is 99.3 cm³/mol. The van der Waals surface area contributed by atoms with E-state index in [4.69, 9.17) is 8.83 Å². The van der Waals surface area contributed by atoms with Gasteiger partial charge in [0.15, 0.2) is 0 Å². The first-order chi connectivity index (χ1) is 12.2. The van der Waals surface area contributed by atoms with Crippen molar-refractivity contribution >= 4 is 39.0 Å². The van der Waals surface area contributed by atoms with Crippen LogP contribution in [0.5, 0.6) is 0 Å². The van der Waals surface area contributed by atoms with Crippen LogP contribution in [0.4, 0.5) is 0 Å². The third kappa shape index (κ3) is 3.53. The molecule has 6 nitrogen and oxygen atoms in total. The number of hydrogen-bond acceptors (Lipinski definition) is 8. The molecule has 4 aromatic rings. The highest BCUT2D eigenvalue weighted by Gasteiger charge is 2.20. The molecule has 0 saturated carbocycles. The van der Waals surface area contributed by atoms with E-state index in [1.54, 1.807) is 11.3 Å². The van der Waals surface area contributed by atoms with E-state index in [9.17, 15) is 0 Å². The molecule has 3 heterocycles. The standard InChI is InChI=1S/C16H11BrN4O2S2/c1-9(13-18-20-15(22-13)12-7-4-8-24-12)25-16-21-19-14(23-16)10-5-2-3-6-11(10)17/h2-9H,1H3/t9-/m0/s1. The van der Waals surface area contributed by atoms with Crippen molar-refractivity contribution in [3.63, 3.8) is 0 Å². The summed E-state index contributed by atoms with van der Waals surface area (Å²) >= 11 is 6.42. The van der Waals surface area contributed by atoms with Gasteiger partial charge in [-0.3, -0.25) is 0 Å². The van der Waals surface area contributed by atoms with Gasteiger partial charge in [0.05, 0.1) is 15.7 Å². The smallest absolute Gasteiger partial charge is 0.277 e. The van der Waals surface area contributed by atoms with E-state index in [-0.39, 0.29) is 5.25 Å². The number of hydrogen-bond donors (Lipinski definition) is 0. The van der Waals surface area contributed by atoms with E-state index in [0.29, 0.717) is 22.9 Å². The zero-order valence-electron chi connectivity index (χ0n) is 12.9. The molecular weight excluding hydrogens is 424 g/mol. The van der Waals surface area contributed by atoms with Gasteiger partial charge in [0.25, 0.3) is 11.1 Å². The van der Waals surface area contributed by atoms with Crippen LogP contribution < -0.4 is 0 Å². The summed E-state index contributed by atoms with van der Waals surface area (Å²) in [6.07, 6.45) is 0. The summed E-state index contributed by atoms with van der Waals surface area (Å²) in [7, 11) is 0. The number of thiophene rings is 1. The first-order valence-corrected chi connectivity index (χ1v) is 9.88. The maximum Gasteiger partial charge on any atom is 0.277 e. The lowest BCUT2D eigenvalue weighted by molar-refractivity contribution is 0.461. The number of halogens is 1. The zero-order valence-corrected chi connectivity index (χ0v) is 16.1. The molecule has 25 heavy (non-hydrogen) atoms. The summed E-state index contributed by atoms with van der Waals surface area (Å²) in [5.41, 5.74) is 0.854. The molecule has 9 heteroatoms. The van der Waals surface area contributed by atoms with Gasteiger partial charge < -0.3 is 8.83 Å². The maximum atomic E-state index is 5.74. The third-order valence-electron chi connectivity index (χ3n) is 3.31. The summed E-state index contributed by atoms with van der Waals surface area (Å²) in [6.45, 7) is 1.96. The molecule has 0 aliphatic heterocycles. The third-order valence-corrected chi connectivity index (χ3v) is 5.78. The van der Waals surface area contributed by atoms with Crippen molar-refractivity contribution in [3.05, 3.63) is 52.1 Å². The Kier molecular flexibility index (Phi) is 4.69. The Bertz CT molecular complexity index is 984. The Labute approximate surface area is 159 Å². The molecule has 0 aliphatic rings. The molecule has 0 bridgehead atoms. The molecule has 0 saturated heterocycles. The second-order valence-electron chi connectivity index (χ2n) is 5.04. The number of benzene rings is 1. The van der Waals surface area contributed by atoms with E-state index in [1.807, 2.05) is 48.7 Å². The van der Waals surface area contributed by atoms with Crippen LogP contribution in [0.2, 0.25) is 0 Å². The van der Waals surface area contributed by atoms with Gasteiger partial charge >= 0.3 is 0 Å². The van der Waals surface area contributed by atoms with Gasteiger partial charge in [-0.05, 0) is 46.4 Å². The lowest BCUT2D eigenvalue weighted by Crippen LogP contribution is -1.88. The van der Waals surface area contributed by atoms with Gasteiger partial charge in [-0.2, -0.15) is 0 Å². The highest BCUT2D eigenvalue weighted by Crippen LogP contribution is 2.36. The molecule has 0 spiro atoms. The van der Waals surface area contributed by atoms with Gasteiger partial charge in [-0.25, -0.2) is 0 Å². The Morgan fingerprint density at radius 1 is 1.00 bits per heavy atom.